The maximum atomic E-state index is 11.6. The molecule has 0 aromatic heterocycles. The summed E-state index contributed by atoms with van der Waals surface area (Å²) in [5.41, 5.74) is 6.27. The Balaban J connectivity index is 2.05. The molecule has 16 heavy (non-hydrogen) atoms. The van der Waals surface area contributed by atoms with Gasteiger partial charge in [0.15, 0.2) is 0 Å². The van der Waals surface area contributed by atoms with E-state index >= 15 is 0 Å². The Kier molecular flexibility index (Phi) is 3.36. The predicted octanol–water partition coefficient (Wildman–Crippen LogP) is 1.41. The van der Waals surface area contributed by atoms with E-state index in [1.54, 1.807) is 0 Å². The van der Waals surface area contributed by atoms with E-state index in [-0.39, 0.29) is 0 Å². The fourth-order valence-electron chi connectivity index (χ4n) is 3.56. The minimum Gasteiger partial charge on any atom is -0.326 e. The summed E-state index contributed by atoms with van der Waals surface area (Å²) >= 11 is 0. The molecular weight excluding hydrogens is 200 g/mol. The third-order valence-electron chi connectivity index (χ3n) is 4.40. The lowest BCUT2D eigenvalue weighted by Gasteiger charge is -2.36. The minimum absolute atomic E-state index is 0.303. The third kappa shape index (κ3) is 1.91. The summed E-state index contributed by atoms with van der Waals surface area (Å²) in [4.78, 5) is 14.1. The van der Waals surface area contributed by atoms with E-state index in [0.717, 1.165) is 13.0 Å². The number of ketones is 1. The highest BCUT2D eigenvalue weighted by Crippen LogP contribution is 2.43. The van der Waals surface area contributed by atoms with Crippen LogP contribution >= 0.6 is 0 Å². The van der Waals surface area contributed by atoms with Crippen molar-refractivity contribution in [3.63, 3.8) is 0 Å². The molecular formula is C13H24N2O. The van der Waals surface area contributed by atoms with Crippen molar-refractivity contribution in [3.8, 4) is 0 Å². The van der Waals surface area contributed by atoms with Crippen molar-refractivity contribution in [2.24, 2.45) is 17.6 Å². The summed E-state index contributed by atoms with van der Waals surface area (Å²) < 4.78 is 0. The molecule has 1 aliphatic carbocycles. The molecule has 0 spiro atoms. The van der Waals surface area contributed by atoms with Crippen LogP contribution in [0.1, 0.15) is 40.0 Å². The topological polar surface area (TPSA) is 46.3 Å². The quantitative estimate of drug-likeness (QED) is 0.785. The van der Waals surface area contributed by atoms with Crippen molar-refractivity contribution >= 4 is 5.78 Å². The summed E-state index contributed by atoms with van der Waals surface area (Å²) in [5.74, 6) is 1.54. The fraction of sp³-hybridized carbons (Fsp3) is 0.923. The SMILES string of the molecule is CCC(=O)C[C@H]1C[C@@H]2CN(C(C)C)[C@H]1[C@@H]2N. The lowest BCUT2D eigenvalue weighted by molar-refractivity contribution is -0.120. The number of likely N-dealkylation sites (tertiary alicyclic amines) is 1. The van der Waals surface area contributed by atoms with Crippen LogP contribution in [0.4, 0.5) is 0 Å². The van der Waals surface area contributed by atoms with Crippen LogP contribution in [0.15, 0.2) is 0 Å². The molecule has 0 amide bonds. The smallest absolute Gasteiger partial charge is 0.132 e. The monoisotopic (exact) mass is 224 g/mol. The van der Waals surface area contributed by atoms with Gasteiger partial charge < -0.3 is 5.73 Å². The average molecular weight is 224 g/mol. The Labute approximate surface area is 98.4 Å². The van der Waals surface area contributed by atoms with E-state index in [1.165, 1.54) is 6.42 Å². The Morgan fingerprint density at radius 3 is 2.69 bits per heavy atom. The van der Waals surface area contributed by atoms with Gasteiger partial charge >= 0.3 is 0 Å². The molecule has 92 valence electrons. The highest BCUT2D eigenvalue weighted by atomic mass is 16.1. The Hall–Kier alpha value is -0.410. The van der Waals surface area contributed by atoms with Crippen LogP contribution in [0.2, 0.25) is 0 Å². The lowest BCUT2D eigenvalue weighted by atomic mass is 9.91. The molecule has 2 aliphatic rings. The first-order valence-electron chi connectivity index (χ1n) is 6.57. The van der Waals surface area contributed by atoms with Crippen LogP contribution < -0.4 is 5.73 Å². The maximum Gasteiger partial charge on any atom is 0.132 e. The van der Waals surface area contributed by atoms with Gasteiger partial charge in [0.2, 0.25) is 0 Å². The van der Waals surface area contributed by atoms with Gasteiger partial charge in [-0.15, -0.1) is 0 Å². The summed E-state index contributed by atoms with van der Waals surface area (Å²) in [6, 6.07) is 1.32. The van der Waals surface area contributed by atoms with Crippen molar-refractivity contribution in [3.05, 3.63) is 0 Å². The molecule has 0 aromatic carbocycles. The zero-order valence-corrected chi connectivity index (χ0v) is 10.6. The fourth-order valence-corrected chi connectivity index (χ4v) is 3.56. The summed E-state index contributed by atoms with van der Waals surface area (Å²) in [6.07, 6.45) is 2.58. The van der Waals surface area contributed by atoms with Crippen molar-refractivity contribution < 1.29 is 4.79 Å². The number of Topliss-reactive ketones (excluding diaryl/α,β-unsaturated/α-hetero) is 1. The van der Waals surface area contributed by atoms with Crippen LogP contribution in [0.25, 0.3) is 0 Å². The maximum absolute atomic E-state index is 11.6. The number of nitrogens with zero attached hydrogens (tertiary/aromatic N) is 1. The molecule has 0 radical (unpaired) electrons. The number of carbonyl (C=O) groups is 1. The number of fused-ring (bicyclic) bond motifs is 2. The zero-order valence-electron chi connectivity index (χ0n) is 10.6. The summed E-state index contributed by atoms with van der Waals surface area (Å²) in [6.45, 7) is 7.55. The van der Waals surface area contributed by atoms with Gasteiger partial charge in [0.05, 0.1) is 0 Å². The molecule has 1 aliphatic heterocycles. The molecule has 1 heterocycles. The lowest BCUT2D eigenvalue weighted by Crippen LogP contribution is -2.46. The predicted molar refractivity (Wildman–Crippen MR) is 65.1 cm³/mol. The normalized spacial score (nSPS) is 38.6. The van der Waals surface area contributed by atoms with E-state index < -0.39 is 0 Å². The number of hydrogen-bond donors (Lipinski definition) is 1. The van der Waals surface area contributed by atoms with Crippen LogP contribution in [0.5, 0.6) is 0 Å². The molecule has 0 aromatic rings. The van der Waals surface area contributed by atoms with E-state index in [4.69, 9.17) is 5.73 Å². The molecule has 2 rings (SSSR count). The van der Waals surface area contributed by atoms with E-state index in [2.05, 4.69) is 18.7 Å². The van der Waals surface area contributed by atoms with Crippen molar-refractivity contribution in [1.82, 2.24) is 4.90 Å². The number of carbonyl (C=O) groups excluding carboxylic acids is 1. The Morgan fingerprint density at radius 2 is 2.19 bits per heavy atom. The minimum atomic E-state index is 0.303. The molecule has 2 N–H and O–H groups in total. The molecule has 3 nitrogen and oxygen atoms in total. The van der Waals surface area contributed by atoms with Gasteiger partial charge in [-0.3, -0.25) is 9.69 Å². The molecule has 3 heteroatoms. The van der Waals surface area contributed by atoms with Crippen LogP contribution in [-0.2, 0) is 4.79 Å². The van der Waals surface area contributed by atoms with Crippen molar-refractivity contribution in [2.75, 3.05) is 6.54 Å². The van der Waals surface area contributed by atoms with E-state index in [1.807, 2.05) is 6.92 Å². The van der Waals surface area contributed by atoms with Gasteiger partial charge in [-0.05, 0) is 32.1 Å². The highest BCUT2D eigenvalue weighted by Gasteiger charge is 2.51. The molecule has 4 atom stereocenters. The van der Waals surface area contributed by atoms with Crippen LogP contribution in [-0.4, -0.2) is 35.4 Å². The molecule has 2 fully saturated rings. The van der Waals surface area contributed by atoms with E-state index in [0.29, 0.717) is 42.2 Å². The number of rotatable bonds is 4. The van der Waals surface area contributed by atoms with E-state index in [9.17, 15) is 4.79 Å². The highest BCUT2D eigenvalue weighted by molar-refractivity contribution is 5.78. The van der Waals surface area contributed by atoms with Gasteiger partial charge in [-0.2, -0.15) is 0 Å². The summed E-state index contributed by atoms with van der Waals surface area (Å²) in [7, 11) is 0. The molecule has 1 saturated carbocycles. The standard InChI is InChI=1S/C13H24N2O/c1-4-11(16)6-9-5-10-7-15(8(2)3)13(9)12(10)14/h8-10,12-13H,4-7,14H2,1-3H3/t9-,10-,12-,13-/m1/s1. The summed E-state index contributed by atoms with van der Waals surface area (Å²) in [5, 5.41) is 0. The zero-order chi connectivity index (χ0) is 11.9. The van der Waals surface area contributed by atoms with Gasteiger partial charge in [-0.1, -0.05) is 6.92 Å². The molecule has 0 unspecified atom stereocenters. The second-order valence-electron chi connectivity index (χ2n) is 5.71. The van der Waals surface area contributed by atoms with Crippen LogP contribution in [0.3, 0.4) is 0 Å². The van der Waals surface area contributed by atoms with Crippen LogP contribution in [0, 0.1) is 11.8 Å². The average Bonchev–Trinajstić information content (AvgIpc) is 2.71. The van der Waals surface area contributed by atoms with Gasteiger partial charge in [-0.25, -0.2) is 0 Å². The molecule has 1 saturated heterocycles. The second kappa shape index (κ2) is 4.46. The molecule has 2 bridgehead atoms. The first kappa shape index (κ1) is 12.1. The van der Waals surface area contributed by atoms with Gasteiger partial charge in [0.1, 0.15) is 5.78 Å². The first-order chi connectivity index (χ1) is 7.54. The number of piperidine rings is 1. The Morgan fingerprint density at radius 1 is 1.50 bits per heavy atom. The third-order valence-corrected chi connectivity index (χ3v) is 4.40. The number of nitrogens with two attached hydrogens (primary N) is 1. The van der Waals surface area contributed by atoms with Gasteiger partial charge in [0, 0.05) is 37.5 Å². The number of hydrogen-bond acceptors (Lipinski definition) is 3. The van der Waals surface area contributed by atoms with Crippen molar-refractivity contribution in [2.45, 2.75) is 58.2 Å². The van der Waals surface area contributed by atoms with Crippen molar-refractivity contribution in [1.29, 1.82) is 0 Å². The largest absolute Gasteiger partial charge is 0.326 e. The first-order valence-corrected chi connectivity index (χ1v) is 6.57. The Bertz CT molecular complexity index is 277. The van der Waals surface area contributed by atoms with Gasteiger partial charge in [0.25, 0.3) is 0 Å². The second-order valence-corrected chi connectivity index (χ2v) is 5.71.